The van der Waals surface area contributed by atoms with Gasteiger partial charge < -0.3 is 16.0 Å². The zero-order valence-electron chi connectivity index (χ0n) is 14.4. The third kappa shape index (κ3) is 4.94. The third-order valence-corrected chi connectivity index (χ3v) is 4.85. The Morgan fingerprint density at radius 2 is 1.56 bits per heavy atom. The monoisotopic (exact) mass is 469 g/mol. The smallest absolute Gasteiger partial charge is 0.227 e. The van der Waals surface area contributed by atoms with E-state index in [-0.39, 0.29) is 11.8 Å². The topological polar surface area (TPSA) is 78.9 Å². The Bertz CT molecular complexity index is 957. The minimum atomic E-state index is 0.0956. The number of benzene rings is 2. The van der Waals surface area contributed by atoms with Gasteiger partial charge in [0.1, 0.15) is 18.0 Å². The molecule has 0 unspecified atom stereocenters. The number of hydrogen-bond acceptors (Lipinski definition) is 5. The van der Waals surface area contributed by atoms with Crippen LogP contribution < -0.4 is 16.0 Å². The molecule has 4 rings (SSSR count). The first-order valence-corrected chi connectivity index (χ1v) is 9.76. The molecular formula is C20H18IN5O. The van der Waals surface area contributed by atoms with E-state index in [9.17, 15) is 4.79 Å². The molecule has 1 aliphatic rings. The van der Waals surface area contributed by atoms with Gasteiger partial charge in [0.25, 0.3) is 0 Å². The van der Waals surface area contributed by atoms with Crippen LogP contribution in [0.3, 0.4) is 0 Å². The largest absolute Gasteiger partial charge is 0.340 e. The molecule has 27 heavy (non-hydrogen) atoms. The van der Waals surface area contributed by atoms with Gasteiger partial charge in [0, 0.05) is 32.6 Å². The average Bonchev–Trinajstić information content (AvgIpc) is 3.50. The molecule has 0 aliphatic heterocycles. The molecule has 1 fully saturated rings. The second-order valence-electron chi connectivity index (χ2n) is 6.39. The maximum absolute atomic E-state index is 11.9. The Morgan fingerprint density at radius 1 is 0.889 bits per heavy atom. The van der Waals surface area contributed by atoms with E-state index in [2.05, 4.69) is 48.5 Å². The molecule has 1 aromatic heterocycles. The number of amides is 1. The van der Waals surface area contributed by atoms with Crippen LogP contribution in [0.15, 0.2) is 60.9 Å². The van der Waals surface area contributed by atoms with Crippen molar-refractivity contribution in [1.29, 1.82) is 0 Å². The maximum atomic E-state index is 11.9. The summed E-state index contributed by atoms with van der Waals surface area (Å²) in [7, 11) is 0. The fourth-order valence-electron chi connectivity index (χ4n) is 2.59. The Balaban J connectivity index is 1.44. The molecule has 136 valence electrons. The minimum absolute atomic E-state index is 0.0956. The van der Waals surface area contributed by atoms with Gasteiger partial charge in [0.15, 0.2) is 0 Å². The van der Waals surface area contributed by atoms with Gasteiger partial charge in [-0.3, -0.25) is 4.79 Å². The van der Waals surface area contributed by atoms with Crippen LogP contribution in [-0.4, -0.2) is 15.9 Å². The lowest BCUT2D eigenvalue weighted by molar-refractivity contribution is -0.117. The van der Waals surface area contributed by atoms with Crippen molar-refractivity contribution in [3.8, 4) is 0 Å². The van der Waals surface area contributed by atoms with Crippen LogP contribution >= 0.6 is 22.6 Å². The highest BCUT2D eigenvalue weighted by Crippen LogP contribution is 2.30. The molecule has 0 spiro atoms. The maximum Gasteiger partial charge on any atom is 0.227 e. The van der Waals surface area contributed by atoms with E-state index in [1.54, 1.807) is 0 Å². The molecule has 1 aliphatic carbocycles. The van der Waals surface area contributed by atoms with Crippen molar-refractivity contribution in [3.05, 3.63) is 64.5 Å². The van der Waals surface area contributed by atoms with Crippen LogP contribution in [0.5, 0.6) is 0 Å². The van der Waals surface area contributed by atoms with Crippen LogP contribution in [0.4, 0.5) is 28.7 Å². The van der Waals surface area contributed by atoms with Gasteiger partial charge in [0.05, 0.1) is 0 Å². The molecule has 6 nitrogen and oxygen atoms in total. The first-order chi connectivity index (χ1) is 13.2. The Hall–Kier alpha value is -2.68. The number of rotatable bonds is 6. The van der Waals surface area contributed by atoms with Gasteiger partial charge in [-0.15, -0.1) is 0 Å². The van der Waals surface area contributed by atoms with Gasteiger partial charge in [-0.25, -0.2) is 9.97 Å². The Labute approximate surface area is 171 Å². The fraction of sp³-hybridized carbons (Fsp3) is 0.150. The zero-order valence-corrected chi connectivity index (χ0v) is 16.6. The first-order valence-electron chi connectivity index (χ1n) is 8.68. The number of nitrogens with zero attached hydrogens (tertiary/aromatic N) is 2. The molecule has 0 radical (unpaired) electrons. The quantitative estimate of drug-likeness (QED) is 0.447. The third-order valence-electron chi connectivity index (χ3n) is 4.13. The summed E-state index contributed by atoms with van der Waals surface area (Å²) in [6.07, 6.45) is 3.48. The fourth-order valence-corrected chi connectivity index (χ4v) is 2.95. The summed E-state index contributed by atoms with van der Waals surface area (Å²) in [6, 6.07) is 17.5. The van der Waals surface area contributed by atoms with Crippen LogP contribution in [0.1, 0.15) is 12.8 Å². The summed E-state index contributed by atoms with van der Waals surface area (Å²) in [5.41, 5.74) is 2.59. The lowest BCUT2D eigenvalue weighted by Crippen LogP contribution is -2.13. The normalized spacial score (nSPS) is 13.1. The number of aromatic nitrogens is 2. The lowest BCUT2D eigenvalue weighted by Gasteiger charge is -2.10. The molecule has 0 bridgehead atoms. The number of anilines is 5. The number of carbonyl (C=O) groups is 1. The summed E-state index contributed by atoms with van der Waals surface area (Å²) in [5.74, 6) is 1.65. The van der Waals surface area contributed by atoms with Crippen molar-refractivity contribution in [2.45, 2.75) is 12.8 Å². The summed E-state index contributed by atoms with van der Waals surface area (Å²) in [4.78, 5) is 20.5. The molecule has 2 aromatic carbocycles. The SMILES string of the molecule is O=C(Nc1cccc(Nc2cc(Nc3ccc([125I])cc3)ncn2)c1)C1CC1. The van der Waals surface area contributed by atoms with Crippen molar-refractivity contribution >= 4 is 57.2 Å². The standard InChI is InChI=1S/C20H18IN5O/c21-14-6-8-15(9-7-14)24-18-11-19(23-12-22-18)25-16-2-1-3-17(10-16)26-20(27)13-4-5-13/h1-3,6-13H,4-5H2,(H,26,27)(H2,22,23,24,25)/i21-2. The van der Waals surface area contributed by atoms with Gasteiger partial charge >= 0.3 is 0 Å². The van der Waals surface area contributed by atoms with E-state index >= 15 is 0 Å². The average molecular weight is 469 g/mol. The molecular weight excluding hydrogens is 451 g/mol. The van der Waals surface area contributed by atoms with E-state index < -0.39 is 0 Å². The molecule has 1 heterocycles. The summed E-state index contributed by atoms with van der Waals surface area (Å²) < 4.78 is 1.18. The van der Waals surface area contributed by atoms with Crippen molar-refractivity contribution in [1.82, 2.24) is 9.97 Å². The van der Waals surface area contributed by atoms with E-state index in [1.807, 2.05) is 54.6 Å². The Morgan fingerprint density at radius 3 is 2.26 bits per heavy atom. The van der Waals surface area contributed by atoms with Crippen LogP contribution in [0, 0.1) is 9.49 Å². The van der Waals surface area contributed by atoms with Crippen LogP contribution in [0.25, 0.3) is 0 Å². The molecule has 3 N–H and O–H groups in total. The van der Waals surface area contributed by atoms with E-state index in [0.29, 0.717) is 11.6 Å². The highest BCUT2D eigenvalue weighted by Gasteiger charge is 2.29. The summed E-state index contributed by atoms with van der Waals surface area (Å²) in [5, 5.41) is 9.47. The number of halogens is 1. The predicted molar refractivity (Wildman–Crippen MR) is 116 cm³/mol. The zero-order chi connectivity index (χ0) is 18.6. The van der Waals surface area contributed by atoms with Gasteiger partial charge in [-0.1, -0.05) is 6.07 Å². The second kappa shape index (κ2) is 7.91. The molecule has 0 saturated heterocycles. The highest BCUT2D eigenvalue weighted by molar-refractivity contribution is 14.1. The minimum Gasteiger partial charge on any atom is -0.340 e. The van der Waals surface area contributed by atoms with Gasteiger partial charge in [-0.05, 0) is 77.9 Å². The first kappa shape index (κ1) is 17.7. The van der Waals surface area contributed by atoms with Crippen molar-refractivity contribution in [2.75, 3.05) is 16.0 Å². The van der Waals surface area contributed by atoms with Crippen LogP contribution in [-0.2, 0) is 4.79 Å². The van der Waals surface area contributed by atoms with E-state index in [4.69, 9.17) is 0 Å². The summed E-state index contributed by atoms with van der Waals surface area (Å²) in [6.45, 7) is 0. The van der Waals surface area contributed by atoms with Gasteiger partial charge in [-0.2, -0.15) is 0 Å². The van der Waals surface area contributed by atoms with Crippen molar-refractivity contribution < 1.29 is 4.79 Å². The molecule has 0 atom stereocenters. The molecule has 7 heteroatoms. The van der Waals surface area contributed by atoms with E-state index in [1.165, 1.54) is 9.90 Å². The predicted octanol–water partition coefficient (Wildman–Crippen LogP) is 4.92. The highest BCUT2D eigenvalue weighted by atomic mass is 125. The number of nitrogens with one attached hydrogen (secondary N) is 3. The Kier molecular flexibility index (Phi) is 5.19. The number of carbonyl (C=O) groups excluding carboxylic acids is 1. The van der Waals surface area contributed by atoms with E-state index in [0.717, 1.165) is 29.9 Å². The second-order valence-corrected chi connectivity index (χ2v) is 7.64. The summed E-state index contributed by atoms with van der Waals surface area (Å²) >= 11 is 2.27. The van der Waals surface area contributed by atoms with Crippen LogP contribution in [0.2, 0.25) is 0 Å². The van der Waals surface area contributed by atoms with Crippen molar-refractivity contribution in [3.63, 3.8) is 0 Å². The molecule has 3 aromatic rings. The molecule has 1 amide bonds. The lowest BCUT2D eigenvalue weighted by atomic mass is 10.2. The number of hydrogen-bond donors (Lipinski definition) is 3. The molecule has 1 saturated carbocycles. The van der Waals surface area contributed by atoms with Crippen molar-refractivity contribution in [2.24, 2.45) is 5.92 Å². The van der Waals surface area contributed by atoms with Gasteiger partial charge in [0.2, 0.25) is 5.91 Å².